The molecule has 0 fully saturated rings. The van der Waals surface area contributed by atoms with Gasteiger partial charge in [-0.3, -0.25) is 4.99 Å². The normalized spacial score (nSPS) is 23.8. The summed E-state index contributed by atoms with van der Waals surface area (Å²) in [6.07, 6.45) is 3.86. The second-order valence-electron chi connectivity index (χ2n) is 2.40. The summed E-state index contributed by atoms with van der Waals surface area (Å²) in [6.45, 7) is 2.90. The number of nitrogens with zero attached hydrogens (tertiary/aromatic N) is 1. The molecule has 1 rings (SSSR count). The zero-order valence-electron chi connectivity index (χ0n) is 6.39. The average Bonchev–Trinajstić information content (AvgIpc) is 1.95. The maximum absolute atomic E-state index is 4.21. The van der Waals surface area contributed by atoms with Gasteiger partial charge in [-0.2, -0.15) is 0 Å². The van der Waals surface area contributed by atoms with Crippen LogP contribution in [0.25, 0.3) is 0 Å². The molecular weight excluding hydrogens is 126 g/mol. The third-order valence-corrected chi connectivity index (χ3v) is 1.33. The standard InChI is InChI=1S/C7H13N3/c1-6-3-10-7(4-8-2)5-9-6/h3,5-6,8-9H,4H2,1-2H3. The minimum absolute atomic E-state index is 0.376. The maximum Gasteiger partial charge on any atom is 0.0694 e. The molecule has 0 saturated carbocycles. The van der Waals surface area contributed by atoms with Gasteiger partial charge in [0.15, 0.2) is 0 Å². The van der Waals surface area contributed by atoms with Gasteiger partial charge in [0.2, 0.25) is 0 Å². The molecule has 2 N–H and O–H groups in total. The molecule has 1 aliphatic rings. The van der Waals surface area contributed by atoms with Crippen molar-refractivity contribution in [3.63, 3.8) is 0 Å². The van der Waals surface area contributed by atoms with Crippen molar-refractivity contribution in [3.8, 4) is 0 Å². The molecule has 1 heterocycles. The summed E-state index contributed by atoms with van der Waals surface area (Å²) in [4.78, 5) is 4.21. The van der Waals surface area contributed by atoms with E-state index >= 15 is 0 Å². The van der Waals surface area contributed by atoms with Gasteiger partial charge in [0, 0.05) is 19.0 Å². The quantitative estimate of drug-likeness (QED) is 0.569. The van der Waals surface area contributed by atoms with Crippen LogP contribution in [-0.4, -0.2) is 25.8 Å². The summed E-state index contributed by atoms with van der Waals surface area (Å²) in [5.74, 6) is 0. The lowest BCUT2D eigenvalue weighted by Gasteiger charge is -2.12. The van der Waals surface area contributed by atoms with Gasteiger partial charge in [0.05, 0.1) is 11.7 Å². The van der Waals surface area contributed by atoms with E-state index in [1.165, 1.54) is 0 Å². The van der Waals surface area contributed by atoms with Crippen molar-refractivity contribution in [1.82, 2.24) is 10.6 Å². The molecule has 0 aromatic heterocycles. The highest BCUT2D eigenvalue weighted by atomic mass is 15.0. The fraction of sp³-hybridized carbons (Fsp3) is 0.571. The predicted octanol–water partition coefficient (Wildman–Crippen LogP) is 0.110. The Morgan fingerprint density at radius 1 is 1.80 bits per heavy atom. The average molecular weight is 139 g/mol. The van der Waals surface area contributed by atoms with Crippen molar-refractivity contribution in [2.75, 3.05) is 13.6 Å². The van der Waals surface area contributed by atoms with Gasteiger partial charge < -0.3 is 10.6 Å². The lowest BCUT2D eigenvalue weighted by Crippen LogP contribution is -2.27. The lowest BCUT2D eigenvalue weighted by molar-refractivity contribution is 0.767. The van der Waals surface area contributed by atoms with Crippen molar-refractivity contribution in [2.45, 2.75) is 13.0 Å². The van der Waals surface area contributed by atoms with E-state index in [1.54, 1.807) is 0 Å². The molecule has 1 aliphatic heterocycles. The van der Waals surface area contributed by atoms with Crippen LogP contribution in [-0.2, 0) is 0 Å². The number of hydrogen-bond donors (Lipinski definition) is 2. The number of likely N-dealkylation sites (N-methyl/N-ethyl adjacent to an activating group) is 1. The van der Waals surface area contributed by atoms with Crippen LogP contribution in [0, 0.1) is 0 Å². The highest BCUT2D eigenvalue weighted by Crippen LogP contribution is 1.97. The zero-order chi connectivity index (χ0) is 7.40. The summed E-state index contributed by atoms with van der Waals surface area (Å²) in [7, 11) is 1.91. The molecule has 0 saturated heterocycles. The molecule has 3 nitrogen and oxygen atoms in total. The van der Waals surface area contributed by atoms with Gasteiger partial charge >= 0.3 is 0 Å². The molecular formula is C7H13N3. The minimum atomic E-state index is 0.376. The van der Waals surface area contributed by atoms with Gasteiger partial charge in [-0.15, -0.1) is 0 Å². The first-order valence-corrected chi connectivity index (χ1v) is 3.47. The Morgan fingerprint density at radius 2 is 2.60 bits per heavy atom. The number of aliphatic imine (C=N–C) groups is 1. The van der Waals surface area contributed by atoms with E-state index in [-0.39, 0.29) is 0 Å². The number of hydrogen-bond acceptors (Lipinski definition) is 3. The Morgan fingerprint density at radius 3 is 3.10 bits per heavy atom. The van der Waals surface area contributed by atoms with Gasteiger partial charge in [0.1, 0.15) is 0 Å². The summed E-state index contributed by atoms with van der Waals surface area (Å²) in [6, 6.07) is 0.376. The topological polar surface area (TPSA) is 36.4 Å². The summed E-state index contributed by atoms with van der Waals surface area (Å²) >= 11 is 0. The van der Waals surface area contributed by atoms with Crippen LogP contribution < -0.4 is 10.6 Å². The lowest BCUT2D eigenvalue weighted by atomic mass is 10.3. The van der Waals surface area contributed by atoms with Crippen LogP contribution in [0.2, 0.25) is 0 Å². The van der Waals surface area contributed by atoms with Gasteiger partial charge in [-0.1, -0.05) is 0 Å². The Bertz CT molecular complexity index is 160. The van der Waals surface area contributed by atoms with Crippen molar-refractivity contribution in [3.05, 3.63) is 11.9 Å². The molecule has 56 valence electrons. The van der Waals surface area contributed by atoms with Gasteiger partial charge in [0.25, 0.3) is 0 Å². The molecule has 1 atom stereocenters. The van der Waals surface area contributed by atoms with E-state index < -0.39 is 0 Å². The van der Waals surface area contributed by atoms with Crippen LogP contribution in [0.15, 0.2) is 16.9 Å². The number of nitrogens with one attached hydrogen (secondary N) is 2. The minimum Gasteiger partial charge on any atom is -0.382 e. The summed E-state index contributed by atoms with van der Waals surface area (Å²) in [5.41, 5.74) is 1.06. The Kier molecular flexibility index (Phi) is 2.45. The maximum atomic E-state index is 4.21. The van der Waals surface area contributed by atoms with Gasteiger partial charge in [-0.25, -0.2) is 0 Å². The first kappa shape index (κ1) is 7.28. The molecule has 0 amide bonds. The van der Waals surface area contributed by atoms with E-state index in [0.29, 0.717) is 6.04 Å². The van der Waals surface area contributed by atoms with Crippen LogP contribution in [0.3, 0.4) is 0 Å². The Hall–Kier alpha value is -0.830. The molecule has 0 aliphatic carbocycles. The Labute approximate surface area is 61.2 Å². The highest BCUT2D eigenvalue weighted by Gasteiger charge is 2.00. The Balaban J connectivity index is 2.42. The molecule has 0 radical (unpaired) electrons. The van der Waals surface area contributed by atoms with Crippen LogP contribution >= 0.6 is 0 Å². The van der Waals surface area contributed by atoms with Crippen molar-refractivity contribution in [1.29, 1.82) is 0 Å². The summed E-state index contributed by atoms with van der Waals surface area (Å²) < 4.78 is 0. The molecule has 0 bridgehead atoms. The fourth-order valence-electron chi connectivity index (χ4n) is 0.793. The molecule has 3 heteroatoms. The molecule has 10 heavy (non-hydrogen) atoms. The SMILES string of the molecule is CNCC1=CNC(C)C=N1. The first-order chi connectivity index (χ1) is 4.83. The molecule has 0 aromatic carbocycles. The molecule has 1 unspecified atom stereocenters. The van der Waals surface area contributed by atoms with E-state index in [4.69, 9.17) is 0 Å². The third-order valence-electron chi connectivity index (χ3n) is 1.33. The van der Waals surface area contributed by atoms with E-state index in [9.17, 15) is 0 Å². The highest BCUT2D eigenvalue weighted by molar-refractivity contribution is 5.66. The largest absolute Gasteiger partial charge is 0.382 e. The number of rotatable bonds is 2. The van der Waals surface area contributed by atoms with Crippen LogP contribution in [0.4, 0.5) is 0 Å². The third kappa shape index (κ3) is 1.84. The molecule has 0 aromatic rings. The van der Waals surface area contributed by atoms with E-state index in [2.05, 4.69) is 22.5 Å². The van der Waals surface area contributed by atoms with Crippen molar-refractivity contribution < 1.29 is 0 Å². The second kappa shape index (κ2) is 3.37. The van der Waals surface area contributed by atoms with Crippen molar-refractivity contribution in [2.24, 2.45) is 4.99 Å². The van der Waals surface area contributed by atoms with Crippen LogP contribution in [0.5, 0.6) is 0 Å². The predicted molar refractivity (Wildman–Crippen MR) is 43.1 cm³/mol. The summed E-state index contributed by atoms with van der Waals surface area (Å²) in [5, 5.41) is 6.20. The monoisotopic (exact) mass is 139 g/mol. The van der Waals surface area contributed by atoms with E-state index in [1.807, 2.05) is 19.5 Å². The first-order valence-electron chi connectivity index (χ1n) is 3.47. The smallest absolute Gasteiger partial charge is 0.0694 e. The van der Waals surface area contributed by atoms with Crippen molar-refractivity contribution >= 4 is 6.21 Å². The van der Waals surface area contributed by atoms with E-state index in [0.717, 1.165) is 12.2 Å². The zero-order valence-corrected chi connectivity index (χ0v) is 6.39. The second-order valence-corrected chi connectivity index (χ2v) is 2.40. The fourth-order valence-corrected chi connectivity index (χ4v) is 0.793. The van der Waals surface area contributed by atoms with Gasteiger partial charge in [-0.05, 0) is 14.0 Å². The molecule has 0 spiro atoms. The van der Waals surface area contributed by atoms with Crippen LogP contribution in [0.1, 0.15) is 6.92 Å².